The van der Waals surface area contributed by atoms with Crippen LogP contribution in [-0.4, -0.2) is 49.4 Å². The first-order chi connectivity index (χ1) is 17.5. The van der Waals surface area contributed by atoms with Crippen LogP contribution in [0, 0.1) is 17.2 Å². The van der Waals surface area contributed by atoms with Crippen molar-refractivity contribution in [2.45, 2.75) is 108 Å². The summed E-state index contributed by atoms with van der Waals surface area (Å²) in [4.78, 5) is 32.2. The lowest BCUT2D eigenvalue weighted by molar-refractivity contribution is -0.136. The summed E-state index contributed by atoms with van der Waals surface area (Å²) >= 11 is 0. The normalized spacial score (nSPS) is 32.3. The fraction of sp³-hybridized carbons (Fsp3) is 0.655. The van der Waals surface area contributed by atoms with Crippen molar-refractivity contribution in [1.29, 1.82) is 5.41 Å². The van der Waals surface area contributed by atoms with Gasteiger partial charge >= 0.3 is 5.97 Å². The first-order valence-corrected chi connectivity index (χ1v) is 14.1. The Kier molecular flexibility index (Phi) is 6.44. The largest absolute Gasteiger partial charge is 0.481 e. The van der Waals surface area contributed by atoms with Gasteiger partial charge in [-0.05, 0) is 68.9 Å². The van der Waals surface area contributed by atoms with Gasteiger partial charge in [-0.3, -0.25) is 14.5 Å². The monoisotopic (exact) mass is 490 g/mol. The van der Waals surface area contributed by atoms with Crippen molar-refractivity contribution in [2.24, 2.45) is 11.8 Å². The number of carbonyl (C=O) groups is 1. The van der Waals surface area contributed by atoms with E-state index in [0.717, 1.165) is 30.2 Å². The fourth-order valence-electron chi connectivity index (χ4n) is 8.17. The van der Waals surface area contributed by atoms with E-state index >= 15 is 0 Å². The van der Waals surface area contributed by atoms with Crippen LogP contribution in [0.15, 0.2) is 29.1 Å². The zero-order valence-corrected chi connectivity index (χ0v) is 21.1. The summed E-state index contributed by atoms with van der Waals surface area (Å²) in [5.41, 5.74) is 1.44. The first-order valence-electron chi connectivity index (χ1n) is 14.1. The van der Waals surface area contributed by atoms with E-state index in [4.69, 9.17) is 10.5 Å². The number of fused-ring (bicyclic) bond motifs is 5. The molecule has 3 heterocycles. The topological polar surface area (TPSA) is 99.3 Å². The molecular weight excluding hydrogens is 452 g/mol. The third-order valence-electron chi connectivity index (χ3n) is 9.57. The Bertz CT molecular complexity index is 1190. The molecule has 0 radical (unpaired) electrons. The molecule has 4 aliphatic rings. The van der Waals surface area contributed by atoms with Crippen molar-refractivity contribution in [1.82, 2.24) is 14.5 Å². The summed E-state index contributed by atoms with van der Waals surface area (Å²) in [5, 5.41) is 17.5. The van der Waals surface area contributed by atoms with Gasteiger partial charge in [-0.15, -0.1) is 0 Å². The number of nitrogens with one attached hydrogen (secondary N) is 1. The molecule has 2 saturated heterocycles. The minimum Gasteiger partial charge on any atom is -0.481 e. The maximum atomic E-state index is 13.8. The molecule has 2 aliphatic heterocycles. The van der Waals surface area contributed by atoms with Crippen molar-refractivity contribution in [3.63, 3.8) is 0 Å². The SMILES string of the molecule is N=C(CCC(=O)O)c1nc2ccccc2n([C@H]2C[C@H]3CC[C@@H](C2)N3C2CC3CCCCC(C3)C2)c1=O. The van der Waals surface area contributed by atoms with Crippen LogP contribution in [-0.2, 0) is 4.79 Å². The number of hydrogen-bond acceptors (Lipinski definition) is 5. The van der Waals surface area contributed by atoms with Gasteiger partial charge in [0.05, 0.1) is 23.2 Å². The van der Waals surface area contributed by atoms with Crippen LogP contribution in [0.5, 0.6) is 0 Å². The molecule has 2 saturated carbocycles. The lowest BCUT2D eigenvalue weighted by Crippen LogP contribution is -2.52. The number of carboxylic acid groups (broad SMARTS) is 1. The molecule has 4 bridgehead atoms. The predicted octanol–water partition coefficient (Wildman–Crippen LogP) is 5.16. The number of carboxylic acids is 1. The number of aliphatic carboxylic acids is 1. The van der Waals surface area contributed by atoms with Gasteiger partial charge < -0.3 is 15.1 Å². The summed E-state index contributed by atoms with van der Waals surface area (Å²) in [6, 6.07) is 9.56. The van der Waals surface area contributed by atoms with Crippen LogP contribution in [0.25, 0.3) is 11.0 Å². The Morgan fingerprint density at radius 3 is 2.22 bits per heavy atom. The summed E-state index contributed by atoms with van der Waals surface area (Å²) in [5.74, 6) is 0.839. The lowest BCUT2D eigenvalue weighted by Gasteiger charge is -2.48. The summed E-state index contributed by atoms with van der Waals surface area (Å²) in [7, 11) is 0. The van der Waals surface area contributed by atoms with Crippen molar-refractivity contribution >= 4 is 22.7 Å². The molecule has 1 aromatic carbocycles. The molecule has 1 aromatic heterocycles. The van der Waals surface area contributed by atoms with E-state index in [1.165, 1.54) is 57.8 Å². The van der Waals surface area contributed by atoms with Crippen molar-refractivity contribution in [3.8, 4) is 0 Å². The molecule has 0 spiro atoms. The summed E-state index contributed by atoms with van der Waals surface area (Å²) in [6.07, 6.45) is 14.0. The lowest BCUT2D eigenvalue weighted by atomic mass is 9.76. The van der Waals surface area contributed by atoms with Crippen LogP contribution in [0.1, 0.15) is 95.2 Å². The molecule has 2 aliphatic carbocycles. The van der Waals surface area contributed by atoms with Crippen LogP contribution >= 0.6 is 0 Å². The predicted molar refractivity (Wildman–Crippen MR) is 140 cm³/mol. The average molecular weight is 491 g/mol. The Hall–Kier alpha value is -2.54. The first kappa shape index (κ1) is 23.8. The van der Waals surface area contributed by atoms with Crippen molar-refractivity contribution in [2.75, 3.05) is 0 Å². The van der Waals surface area contributed by atoms with Gasteiger partial charge in [-0.25, -0.2) is 4.98 Å². The highest BCUT2D eigenvalue weighted by molar-refractivity contribution is 5.98. The minimum atomic E-state index is -0.965. The highest BCUT2D eigenvalue weighted by Crippen LogP contribution is 2.47. The average Bonchev–Trinajstić information content (AvgIpc) is 3.02. The van der Waals surface area contributed by atoms with Gasteiger partial charge in [0.15, 0.2) is 0 Å². The van der Waals surface area contributed by atoms with Crippen LogP contribution < -0.4 is 5.56 Å². The van der Waals surface area contributed by atoms with Gasteiger partial charge in [-0.2, -0.15) is 0 Å². The quantitative estimate of drug-likeness (QED) is 0.545. The van der Waals surface area contributed by atoms with Gasteiger partial charge in [-0.1, -0.05) is 37.8 Å². The van der Waals surface area contributed by atoms with E-state index in [0.29, 0.717) is 23.6 Å². The molecule has 36 heavy (non-hydrogen) atoms. The fourth-order valence-corrected chi connectivity index (χ4v) is 8.17. The molecule has 7 nitrogen and oxygen atoms in total. The van der Waals surface area contributed by atoms with Gasteiger partial charge in [0, 0.05) is 30.6 Å². The smallest absolute Gasteiger partial charge is 0.303 e. The summed E-state index contributed by atoms with van der Waals surface area (Å²) in [6.45, 7) is 0. The van der Waals surface area contributed by atoms with Crippen LogP contribution in [0.2, 0.25) is 0 Å². The van der Waals surface area contributed by atoms with Crippen LogP contribution in [0.4, 0.5) is 0 Å². The Balaban J connectivity index is 1.29. The van der Waals surface area contributed by atoms with E-state index in [1.54, 1.807) is 0 Å². The maximum Gasteiger partial charge on any atom is 0.303 e. The molecule has 4 fully saturated rings. The second kappa shape index (κ2) is 9.73. The molecular formula is C29H38N4O3. The van der Waals surface area contributed by atoms with E-state index < -0.39 is 5.97 Å². The number of rotatable bonds is 6. The number of benzene rings is 1. The zero-order chi connectivity index (χ0) is 24.8. The minimum absolute atomic E-state index is 0.0175. The Labute approximate surface area is 212 Å². The summed E-state index contributed by atoms with van der Waals surface area (Å²) < 4.78 is 1.91. The van der Waals surface area contributed by atoms with Crippen molar-refractivity contribution in [3.05, 3.63) is 40.3 Å². The maximum absolute atomic E-state index is 13.8. The van der Waals surface area contributed by atoms with Crippen LogP contribution in [0.3, 0.4) is 0 Å². The van der Waals surface area contributed by atoms with E-state index in [-0.39, 0.29) is 35.8 Å². The van der Waals surface area contributed by atoms with E-state index in [2.05, 4.69) is 9.88 Å². The van der Waals surface area contributed by atoms with Gasteiger partial charge in [0.1, 0.15) is 5.69 Å². The van der Waals surface area contributed by atoms with Gasteiger partial charge in [0.25, 0.3) is 5.56 Å². The number of nitrogens with zero attached hydrogens (tertiary/aromatic N) is 3. The number of hydrogen-bond donors (Lipinski definition) is 2. The third-order valence-corrected chi connectivity index (χ3v) is 9.57. The standard InChI is InChI=1S/C29H38N4O3/c30-24(11-12-27(34)35)28-29(36)33(26-8-4-3-7-25(26)31-28)23-16-20-9-10-21(17-23)32(20)22-14-18-5-1-2-6-19(13-18)15-22/h3-4,7-8,18-23,30H,1-2,5-6,9-17H2,(H,34,35)/t18?,19?,20-,21+,22?,23+. The second-order valence-corrected chi connectivity index (χ2v) is 11.8. The van der Waals surface area contributed by atoms with E-state index in [1.807, 2.05) is 28.8 Å². The molecule has 192 valence electrons. The number of aromatic nitrogens is 2. The molecule has 6 rings (SSSR count). The van der Waals surface area contributed by atoms with E-state index in [9.17, 15) is 9.59 Å². The molecule has 2 aromatic rings. The molecule has 2 unspecified atom stereocenters. The number of para-hydroxylation sites is 2. The Morgan fingerprint density at radius 2 is 1.56 bits per heavy atom. The highest BCUT2D eigenvalue weighted by Gasteiger charge is 2.47. The van der Waals surface area contributed by atoms with Crippen molar-refractivity contribution < 1.29 is 9.90 Å². The Morgan fingerprint density at radius 1 is 0.889 bits per heavy atom. The molecule has 5 atom stereocenters. The molecule has 7 heteroatoms. The highest BCUT2D eigenvalue weighted by atomic mass is 16.4. The molecule has 0 amide bonds. The molecule has 2 N–H and O–H groups in total. The van der Waals surface area contributed by atoms with Gasteiger partial charge in [0.2, 0.25) is 0 Å². The third kappa shape index (κ3) is 4.40. The second-order valence-electron chi connectivity index (χ2n) is 11.8. The zero-order valence-electron chi connectivity index (χ0n) is 21.1. The number of piperidine rings is 1.